The molecule has 1 aromatic heterocycles. The van der Waals surface area contributed by atoms with E-state index in [2.05, 4.69) is 53.7 Å². The molecule has 1 N–H and O–H groups in total. The van der Waals surface area contributed by atoms with Crippen molar-refractivity contribution < 1.29 is 0 Å². The average molecular weight is 264 g/mol. The van der Waals surface area contributed by atoms with E-state index in [9.17, 15) is 0 Å². The second kappa shape index (κ2) is 6.06. The number of fused-ring (bicyclic) bond motifs is 1. The van der Waals surface area contributed by atoms with Crippen LogP contribution in [0.1, 0.15) is 39.9 Å². The molecule has 0 bridgehead atoms. The van der Waals surface area contributed by atoms with Crippen LogP contribution >= 0.6 is 0 Å². The summed E-state index contributed by atoms with van der Waals surface area (Å²) in [6.45, 7) is 14.6. The Labute approximate surface area is 117 Å². The third-order valence-corrected chi connectivity index (χ3v) is 3.95. The summed E-state index contributed by atoms with van der Waals surface area (Å²) >= 11 is 0. The van der Waals surface area contributed by atoms with Gasteiger partial charge >= 0.3 is 0 Å². The van der Waals surface area contributed by atoms with E-state index < -0.39 is 0 Å². The first kappa shape index (κ1) is 14.5. The quantitative estimate of drug-likeness (QED) is 0.884. The predicted molar refractivity (Wildman–Crippen MR) is 79.0 cm³/mol. The van der Waals surface area contributed by atoms with E-state index in [-0.39, 0.29) is 0 Å². The average Bonchev–Trinajstić information content (AvgIpc) is 2.80. The molecule has 0 spiro atoms. The molecule has 4 heteroatoms. The summed E-state index contributed by atoms with van der Waals surface area (Å²) in [5.74, 6) is 1.20. The molecule has 1 atom stereocenters. The van der Waals surface area contributed by atoms with Crippen molar-refractivity contribution in [2.45, 2.75) is 53.2 Å². The molecule has 108 valence electrons. The molecule has 2 heterocycles. The van der Waals surface area contributed by atoms with Crippen LogP contribution in [0.2, 0.25) is 0 Å². The van der Waals surface area contributed by atoms with Crippen molar-refractivity contribution >= 4 is 0 Å². The largest absolute Gasteiger partial charge is 0.333 e. The van der Waals surface area contributed by atoms with Crippen molar-refractivity contribution in [3.8, 4) is 0 Å². The predicted octanol–water partition coefficient (Wildman–Crippen LogP) is 2.11. The lowest BCUT2D eigenvalue weighted by molar-refractivity contribution is 0.146. The SMILES string of the molecule is CCCNC(CN1CCn2ccnc2C1)C(C)(C)C. The van der Waals surface area contributed by atoms with Crippen LogP contribution in [0.15, 0.2) is 12.4 Å². The maximum Gasteiger partial charge on any atom is 0.122 e. The minimum atomic E-state index is 0.294. The van der Waals surface area contributed by atoms with Crippen LogP contribution in [-0.2, 0) is 13.1 Å². The maximum absolute atomic E-state index is 4.44. The lowest BCUT2D eigenvalue weighted by Gasteiger charge is -2.37. The summed E-state index contributed by atoms with van der Waals surface area (Å²) in [6, 6.07) is 0.536. The Kier molecular flexibility index (Phi) is 4.63. The smallest absolute Gasteiger partial charge is 0.122 e. The second-order valence-electron chi connectivity index (χ2n) is 6.64. The third kappa shape index (κ3) is 3.80. The van der Waals surface area contributed by atoms with E-state index in [0.29, 0.717) is 11.5 Å². The molecule has 0 aliphatic carbocycles. The molecule has 0 saturated carbocycles. The first-order chi connectivity index (χ1) is 9.00. The molecule has 19 heavy (non-hydrogen) atoms. The van der Waals surface area contributed by atoms with Gasteiger partial charge in [0.25, 0.3) is 0 Å². The summed E-state index contributed by atoms with van der Waals surface area (Å²) in [5, 5.41) is 3.71. The minimum absolute atomic E-state index is 0.294. The van der Waals surface area contributed by atoms with Crippen LogP contribution in [0, 0.1) is 5.41 Å². The monoisotopic (exact) mass is 264 g/mol. The highest BCUT2D eigenvalue weighted by Gasteiger charge is 2.27. The van der Waals surface area contributed by atoms with Gasteiger partial charge in [-0.3, -0.25) is 4.90 Å². The van der Waals surface area contributed by atoms with Gasteiger partial charge in [-0.25, -0.2) is 4.98 Å². The molecule has 2 rings (SSSR count). The van der Waals surface area contributed by atoms with Crippen molar-refractivity contribution in [2.75, 3.05) is 19.6 Å². The second-order valence-corrected chi connectivity index (χ2v) is 6.64. The van der Waals surface area contributed by atoms with Gasteiger partial charge in [-0.1, -0.05) is 27.7 Å². The van der Waals surface area contributed by atoms with Crippen molar-refractivity contribution in [1.29, 1.82) is 0 Å². The first-order valence-electron chi connectivity index (χ1n) is 7.46. The molecule has 0 radical (unpaired) electrons. The van der Waals surface area contributed by atoms with Gasteiger partial charge in [-0.05, 0) is 18.4 Å². The Morgan fingerprint density at radius 3 is 2.84 bits per heavy atom. The van der Waals surface area contributed by atoms with E-state index in [1.807, 2.05) is 6.20 Å². The number of rotatable bonds is 5. The fourth-order valence-corrected chi connectivity index (χ4v) is 2.60. The number of nitrogens with zero attached hydrogens (tertiary/aromatic N) is 3. The number of hydrogen-bond donors (Lipinski definition) is 1. The van der Waals surface area contributed by atoms with Crippen LogP contribution in [-0.4, -0.2) is 40.1 Å². The van der Waals surface area contributed by atoms with Gasteiger partial charge in [0.05, 0.1) is 6.54 Å². The third-order valence-electron chi connectivity index (χ3n) is 3.95. The Bertz CT molecular complexity index is 391. The molecule has 4 nitrogen and oxygen atoms in total. The van der Waals surface area contributed by atoms with Gasteiger partial charge < -0.3 is 9.88 Å². The van der Waals surface area contributed by atoms with Crippen LogP contribution in [0.3, 0.4) is 0 Å². The molecule has 0 aromatic carbocycles. The van der Waals surface area contributed by atoms with E-state index in [0.717, 1.165) is 32.7 Å². The van der Waals surface area contributed by atoms with Crippen molar-refractivity contribution in [2.24, 2.45) is 5.41 Å². The normalized spacial score (nSPS) is 18.3. The van der Waals surface area contributed by atoms with Crippen molar-refractivity contribution in [3.05, 3.63) is 18.2 Å². The highest BCUT2D eigenvalue weighted by molar-refractivity contribution is 4.96. The Morgan fingerprint density at radius 1 is 1.37 bits per heavy atom. The van der Waals surface area contributed by atoms with Gasteiger partial charge in [0.15, 0.2) is 0 Å². The Balaban J connectivity index is 1.95. The summed E-state index contributed by atoms with van der Waals surface area (Å²) in [4.78, 5) is 6.97. The van der Waals surface area contributed by atoms with E-state index in [4.69, 9.17) is 0 Å². The Morgan fingerprint density at radius 2 is 2.16 bits per heavy atom. The van der Waals surface area contributed by atoms with Gasteiger partial charge in [0.1, 0.15) is 5.82 Å². The van der Waals surface area contributed by atoms with Gasteiger partial charge in [-0.15, -0.1) is 0 Å². The molecule has 0 amide bonds. The van der Waals surface area contributed by atoms with Crippen LogP contribution < -0.4 is 5.32 Å². The first-order valence-corrected chi connectivity index (χ1v) is 7.46. The van der Waals surface area contributed by atoms with Crippen LogP contribution in [0.5, 0.6) is 0 Å². The van der Waals surface area contributed by atoms with Crippen LogP contribution in [0.25, 0.3) is 0 Å². The molecular formula is C15H28N4. The van der Waals surface area contributed by atoms with Gasteiger partial charge in [0, 0.05) is 38.1 Å². The summed E-state index contributed by atoms with van der Waals surface area (Å²) in [5.41, 5.74) is 0.294. The molecular weight excluding hydrogens is 236 g/mol. The van der Waals surface area contributed by atoms with Crippen LogP contribution in [0.4, 0.5) is 0 Å². The lowest BCUT2D eigenvalue weighted by atomic mass is 9.86. The van der Waals surface area contributed by atoms with Gasteiger partial charge in [0.2, 0.25) is 0 Å². The molecule has 1 aliphatic heterocycles. The van der Waals surface area contributed by atoms with E-state index >= 15 is 0 Å². The number of aromatic nitrogens is 2. The molecule has 1 unspecified atom stereocenters. The summed E-state index contributed by atoms with van der Waals surface area (Å²) in [6.07, 6.45) is 5.19. The van der Waals surface area contributed by atoms with Gasteiger partial charge in [-0.2, -0.15) is 0 Å². The molecule has 0 fully saturated rings. The fourth-order valence-electron chi connectivity index (χ4n) is 2.60. The van der Waals surface area contributed by atoms with E-state index in [1.54, 1.807) is 0 Å². The van der Waals surface area contributed by atoms with Crippen molar-refractivity contribution in [1.82, 2.24) is 19.8 Å². The maximum atomic E-state index is 4.44. The summed E-state index contributed by atoms with van der Waals surface area (Å²) in [7, 11) is 0. The molecule has 0 saturated heterocycles. The number of hydrogen-bond acceptors (Lipinski definition) is 3. The zero-order chi connectivity index (χ0) is 13.9. The lowest BCUT2D eigenvalue weighted by Crippen LogP contribution is -2.50. The minimum Gasteiger partial charge on any atom is -0.333 e. The summed E-state index contributed by atoms with van der Waals surface area (Å²) < 4.78 is 2.27. The zero-order valence-electron chi connectivity index (χ0n) is 12.8. The Hall–Kier alpha value is -0.870. The highest BCUT2D eigenvalue weighted by Crippen LogP contribution is 2.21. The fraction of sp³-hybridized carbons (Fsp3) is 0.800. The van der Waals surface area contributed by atoms with Crippen molar-refractivity contribution in [3.63, 3.8) is 0 Å². The topological polar surface area (TPSA) is 33.1 Å². The standard InChI is InChI=1S/C15H28N4/c1-5-6-16-13(15(2,3)4)11-18-9-10-19-8-7-17-14(19)12-18/h7-8,13,16H,5-6,9-12H2,1-4H3. The number of imidazole rings is 1. The van der Waals surface area contributed by atoms with E-state index in [1.165, 1.54) is 12.2 Å². The number of nitrogens with one attached hydrogen (secondary N) is 1. The molecule has 1 aromatic rings. The zero-order valence-corrected chi connectivity index (χ0v) is 12.8. The molecule has 1 aliphatic rings. The highest BCUT2D eigenvalue weighted by atomic mass is 15.2.